The van der Waals surface area contributed by atoms with E-state index in [0.29, 0.717) is 0 Å². The quantitative estimate of drug-likeness (QED) is 0.213. The fraction of sp³-hybridized carbons (Fsp3) is 0. The summed E-state index contributed by atoms with van der Waals surface area (Å²) in [7, 11) is 0. The second-order valence-corrected chi connectivity index (χ2v) is 3.39. The van der Waals surface area contributed by atoms with Crippen molar-refractivity contribution < 1.29 is 34.7 Å². The normalized spacial score (nSPS) is 7.61. The Morgan fingerprint density at radius 2 is 0.739 bits per heavy atom. The van der Waals surface area contributed by atoms with Gasteiger partial charge in [-0.25, -0.2) is 0 Å². The molecule has 0 atom stereocenters. The maximum absolute atomic E-state index is 12.3. The molecule has 0 saturated heterocycles. The molecule has 5 N–H and O–H groups in total. The van der Waals surface area contributed by atoms with Crippen LogP contribution in [-0.2, 0) is 0 Å². The van der Waals surface area contributed by atoms with E-state index in [1.165, 1.54) is 12.4 Å². The molecule has 0 unspecified atom stereocenters. The van der Waals surface area contributed by atoms with E-state index in [1.807, 2.05) is 0 Å². The minimum Gasteiger partial charge on any atom is -0.870 e. The van der Waals surface area contributed by atoms with Gasteiger partial charge in [-0.3, -0.25) is 26.6 Å². The molecular formula is C11H5N10NaO. The molecule has 0 saturated carbocycles. The molecule has 0 aromatic heterocycles. The van der Waals surface area contributed by atoms with Crippen LogP contribution < -0.4 is 61.2 Å². The number of benzene rings is 1. The molecule has 1 rings (SSSR count). The summed E-state index contributed by atoms with van der Waals surface area (Å²) in [6.45, 7) is 0. The smallest absolute Gasteiger partial charge is 0.870 e. The molecule has 0 spiro atoms. The molecule has 0 heterocycles. The van der Waals surface area contributed by atoms with Gasteiger partial charge in [0.25, 0.3) is 0 Å². The maximum Gasteiger partial charge on any atom is 1.00 e. The van der Waals surface area contributed by atoms with Crippen molar-refractivity contribution in [2.75, 3.05) is 26.6 Å². The third kappa shape index (κ3) is 3.98. The third-order valence-corrected chi connectivity index (χ3v) is 2.36. The summed E-state index contributed by atoms with van der Waals surface area (Å²) in [5.74, 6) is -0.859. The van der Waals surface area contributed by atoms with Crippen LogP contribution >= 0.6 is 0 Å². The number of hydrogen-bond donors (Lipinski definition) is 5. The number of nitriles is 5. The SMILES string of the molecule is N#CNc1c([O-])c(NC#N)c(NC#N)c(NC#N)c1NC#N.[Na+]. The van der Waals surface area contributed by atoms with Crippen LogP contribution in [-0.4, -0.2) is 0 Å². The Labute approximate surface area is 152 Å². The van der Waals surface area contributed by atoms with Crippen LogP contribution in [0.5, 0.6) is 5.75 Å². The van der Waals surface area contributed by atoms with Crippen molar-refractivity contribution in [3.05, 3.63) is 0 Å². The first-order valence-corrected chi connectivity index (χ1v) is 5.32. The summed E-state index contributed by atoms with van der Waals surface area (Å²) < 4.78 is 0. The van der Waals surface area contributed by atoms with Crippen molar-refractivity contribution in [2.24, 2.45) is 0 Å². The minimum atomic E-state index is -0.859. The summed E-state index contributed by atoms with van der Waals surface area (Å²) in [5, 5.41) is 66.5. The maximum atomic E-state index is 12.3. The zero-order valence-electron chi connectivity index (χ0n) is 11.6. The van der Waals surface area contributed by atoms with E-state index < -0.39 is 5.75 Å². The van der Waals surface area contributed by atoms with Crippen molar-refractivity contribution in [1.82, 2.24) is 0 Å². The van der Waals surface area contributed by atoms with Crippen LogP contribution in [0.4, 0.5) is 28.4 Å². The van der Waals surface area contributed by atoms with Gasteiger partial charge in [0.05, 0.1) is 22.7 Å². The minimum absolute atomic E-state index is 0. The first-order valence-electron chi connectivity index (χ1n) is 5.32. The predicted octanol–water partition coefficient (Wildman–Crippen LogP) is -2.77. The Morgan fingerprint density at radius 1 is 0.522 bits per heavy atom. The predicted molar refractivity (Wildman–Crippen MR) is 72.1 cm³/mol. The zero-order valence-corrected chi connectivity index (χ0v) is 13.6. The van der Waals surface area contributed by atoms with Crippen molar-refractivity contribution in [2.45, 2.75) is 0 Å². The third-order valence-electron chi connectivity index (χ3n) is 2.36. The zero-order chi connectivity index (χ0) is 16.5. The van der Waals surface area contributed by atoms with Crippen molar-refractivity contribution in [3.63, 3.8) is 0 Å². The second kappa shape index (κ2) is 9.41. The molecule has 1 aromatic rings. The fourth-order valence-corrected chi connectivity index (χ4v) is 1.62. The molecular weight excluding hydrogens is 311 g/mol. The van der Waals surface area contributed by atoms with E-state index in [0.717, 1.165) is 0 Å². The fourth-order valence-electron chi connectivity index (χ4n) is 1.62. The summed E-state index contributed by atoms with van der Waals surface area (Å²) in [5.41, 5.74) is -1.36. The van der Waals surface area contributed by atoms with Crippen LogP contribution in [0.3, 0.4) is 0 Å². The largest absolute Gasteiger partial charge is 1.00 e. The van der Waals surface area contributed by atoms with E-state index in [-0.39, 0.29) is 58.0 Å². The van der Waals surface area contributed by atoms with Gasteiger partial charge in [0, 0.05) is 0 Å². The van der Waals surface area contributed by atoms with Gasteiger partial charge >= 0.3 is 29.6 Å². The summed E-state index contributed by atoms with van der Waals surface area (Å²) in [6, 6.07) is 0. The van der Waals surface area contributed by atoms with Crippen LogP contribution in [0.1, 0.15) is 0 Å². The van der Waals surface area contributed by atoms with Gasteiger partial charge in [0.2, 0.25) is 0 Å². The monoisotopic (exact) mass is 316 g/mol. The molecule has 11 nitrogen and oxygen atoms in total. The average Bonchev–Trinajstić information content (AvgIpc) is 2.51. The molecule has 23 heavy (non-hydrogen) atoms. The Kier molecular flexibility index (Phi) is 7.97. The molecule has 106 valence electrons. The van der Waals surface area contributed by atoms with E-state index in [4.69, 9.17) is 26.3 Å². The average molecular weight is 316 g/mol. The Balaban J connectivity index is 0.00000484. The van der Waals surface area contributed by atoms with E-state index >= 15 is 0 Å². The van der Waals surface area contributed by atoms with Gasteiger partial charge in [0.15, 0.2) is 31.0 Å². The number of rotatable bonds is 5. The van der Waals surface area contributed by atoms with Crippen molar-refractivity contribution >= 4 is 28.4 Å². The van der Waals surface area contributed by atoms with Gasteiger partial charge in [-0.1, -0.05) is 5.75 Å². The number of anilines is 5. The summed E-state index contributed by atoms with van der Waals surface area (Å²) in [4.78, 5) is 0. The number of nitrogens with zero attached hydrogens (tertiary/aromatic N) is 5. The van der Waals surface area contributed by atoms with E-state index in [1.54, 1.807) is 18.6 Å². The van der Waals surface area contributed by atoms with Crippen LogP contribution in [0.15, 0.2) is 0 Å². The van der Waals surface area contributed by atoms with Gasteiger partial charge in [0.1, 0.15) is 5.69 Å². The van der Waals surface area contributed by atoms with Crippen LogP contribution in [0.25, 0.3) is 0 Å². The Bertz CT molecular complexity index is 744. The Hall–Kier alpha value is -3.53. The first-order chi connectivity index (χ1) is 10.7. The summed E-state index contributed by atoms with van der Waals surface area (Å²) in [6.07, 6.45) is 7.67. The standard InChI is InChI=1S/C11H6N10O.Na/c12-1-17-6-7(18-2-13)9(20-4-15)11(22)10(21-5-16)8(6)19-3-14;/h17-22H;/q;+1/p-1. The number of nitrogens with one attached hydrogen (secondary N) is 5. The van der Waals surface area contributed by atoms with Crippen LogP contribution in [0.2, 0.25) is 0 Å². The Morgan fingerprint density at radius 3 is 1.00 bits per heavy atom. The number of hydrogen-bond acceptors (Lipinski definition) is 11. The van der Waals surface area contributed by atoms with E-state index in [2.05, 4.69) is 26.6 Å². The molecule has 0 bridgehead atoms. The molecule has 0 radical (unpaired) electrons. The van der Waals surface area contributed by atoms with E-state index in [9.17, 15) is 5.11 Å². The molecule has 0 aliphatic carbocycles. The molecule has 0 amide bonds. The molecule has 0 aliphatic heterocycles. The first kappa shape index (κ1) is 19.5. The molecule has 12 heteroatoms. The summed E-state index contributed by atoms with van der Waals surface area (Å²) >= 11 is 0. The van der Waals surface area contributed by atoms with Gasteiger partial charge in [-0.2, -0.15) is 26.3 Å². The topological polar surface area (TPSA) is 202 Å². The molecule has 0 aliphatic rings. The van der Waals surface area contributed by atoms with Gasteiger partial charge < -0.3 is 5.11 Å². The second-order valence-electron chi connectivity index (χ2n) is 3.39. The molecule has 1 aromatic carbocycles. The van der Waals surface area contributed by atoms with Gasteiger partial charge in [-0.05, 0) is 0 Å². The molecule has 0 fully saturated rings. The van der Waals surface area contributed by atoms with Crippen molar-refractivity contribution in [1.29, 1.82) is 26.3 Å². The van der Waals surface area contributed by atoms with Gasteiger partial charge in [-0.15, -0.1) is 0 Å². The van der Waals surface area contributed by atoms with Crippen LogP contribution in [0, 0.1) is 57.3 Å². The van der Waals surface area contributed by atoms with Crippen molar-refractivity contribution in [3.8, 4) is 36.7 Å².